The number of rotatable bonds is 6. The first kappa shape index (κ1) is 17.5. The lowest BCUT2D eigenvalue weighted by atomic mass is 9.96. The van der Waals surface area contributed by atoms with Gasteiger partial charge in [0, 0.05) is 25.9 Å². The zero-order valence-electron chi connectivity index (χ0n) is 13.9. The van der Waals surface area contributed by atoms with Crippen molar-refractivity contribution in [1.29, 1.82) is 0 Å². The van der Waals surface area contributed by atoms with Crippen molar-refractivity contribution in [2.45, 2.75) is 39.2 Å². The summed E-state index contributed by atoms with van der Waals surface area (Å²) in [7, 11) is 0. The van der Waals surface area contributed by atoms with E-state index in [9.17, 15) is 14.7 Å². The Balaban J connectivity index is 1.99. The van der Waals surface area contributed by atoms with Gasteiger partial charge in [0.1, 0.15) is 11.7 Å². The van der Waals surface area contributed by atoms with Crippen molar-refractivity contribution >= 4 is 11.8 Å². The van der Waals surface area contributed by atoms with Crippen LogP contribution < -0.4 is 5.32 Å². The second kappa shape index (κ2) is 8.15. The summed E-state index contributed by atoms with van der Waals surface area (Å²) < 4.78 is 0. The van der Waals surface area contributed by atoms with Crippen LogP contribution in [0.5, 0.6) is 0 Å². The van der Waals surface area contributed by atoms with E-state index < -0.39 is 6.04 Å². The van der Waals surface area contributed by atoms with E-state index in [-0.39, 0.29) is 24.3 Å². The van der Waals surface area contributed by atoms with Gasteiger partial charge in [-0.15, -0.1) is 0 Å². The molecule has 0 unspecified atom stereocenters. The predicted octanol–water partition coefficient (Wildman–Crippen LogP) is 1.39. The summed E-state index contributed by atoms with van der Waals surface area (Å²) in [6, 6.07) is 2.95. The summed E-state index contributed by atoms with van der Waals surface area (Å²) in [5.74, 6) is 0.327. The first-order valence-corrected chi connectivity index (χ1v) is 8.35. The Morgan fingerprint density at radius 1 is 1.39 bits per heavy atom. The number of carbonyl (C=O) groups is 2. The van der Waals surface area contributed by atoms with E-state index in [0.29, 0.717) is 31.1 Å². The van der Waals surface area contributed by atoms with E-state index in [1.165, 1.54) is 0 Å². The molecule has 3 N–H and O–H groups in total. The molecule has 2 amide bonds. The number of nitrogens with one attached hydrogen (secondary N) is 2. The number of piperidine rings is 1. The molecule has 23 heavy (non-hydrogen) atoms. The van der Waals surface area contributed by atoms with Crippen LogP contribution in [-0.4, -0.2) is 52.5 Å². The molecule has 1 aliphatic rings. The molecule has 1 saturated heterocycles. The molecule has 1 atom stereocenters. The van der Waals surface area contributed by atoms with Crippen molar-refractivity contribution in [3.05, 3.63) is 24.0 Å². The number of aromatic nitrogens is 1. The molecule has 0 bridgehead atoms. The highest BCUT2D eigenvalue weighted by molar-refractivity contribution is 5.96. The standard InChI is InChI=1S/C17H27N3O3/c1-12(2)10-15(19-16(22)14-4-3-7-18-14)17(23)20-8-5-13(11-21)6-9-20/h3-4,7,12-13,15,18,21H,5-6,8-11H2,1-2H3,(H,19,22)/t15-/m0/s1. The monoisotopic (exact) mass is 321 g/mol. The normalized spacial score (nSPS) is 17.3. The van der Waals surface area contributed by atoms with E-state index in [0.717, 1.165) is 12.8 Å². The Hall–Kier alpha value is -1.82. The maximum absolute atomic E-state index is 12.8. The van der Waals surface area contributed by atoms with Gasteiger partial charge in [-0.2, -0.15) is 0 Å². The van der Waals surface area contributed by atoms with E-state index in [1.807, 2.05) is 18.7 Å². The van der Waals surface area contributed by atoms with Gasteiger partial charge in [0.2, 0.25) is 5.91 Å². The summed E-state index contributed by atoms with van der Waals surface area (Å²) in [6.45, 7) is 5.56. The van der Waals surface area contributed by atoms with Crippen LogP contribution in [0.4, 0.5) is 0 Å². The third-order valence-corrected chi connectivity index (χ3v) is 4.34. The number of nitrogens with zero attached hydrogens (tertiary/aromatic N) is 1. The fourth-order valence-electron chi connectivity index (χ4n) is 2.96. The SMILES string of the molecule is CC(C)C[C@H](NC(=O)c1ccc[nH]1)C(=O)N1CCC(CO)CC1. The summed E-state index contributed by atoms with van der Waals surface area (Å²) in [5.41, 5.74) is 0.463. The van der Waals surface area contributed by atoms with Crippen LogP contribution in [0, 0.1) is 11.8 Å². The Morgan fingerprint density at radius 2 is 2.09 bits per heavy atom. The minimum Gasteiger partial charge on any atom is -0.396 e. The Labute approximate surface area is 137 Å². The largest absolute Gasteiger partial charge is 0.396 e. The average Bonchev–Trinajstić information content (AvgIpc) is 3.07. The molecular formula is C17H27N3O3. The van der Waals surface area contributed by atoms with E-state index in [1.54, 1.807) is 18.3 Å². The van der Waals surface area contributed by atoms with Gasteiger partial charge in [-0.05, 0) is 43.2 Å². The zero-order chi connectivity index (χ0) is 16.8. The average molecular weight is 321 g/mol. The second-order valence-corrected chi connectivity index (χ2v) is 6.69. The van der Waals surface area contributed by atoms with Gasteiger partial charge in [-0.25, -0.2) is 0 Å². The van der Waals surface area contributed by atoms with Gasteiger partial charge in [0.25, 0.3) is 5.91 Å². The van der Waals surface area contributed by atoms with Crippen LogP contribution >= 0.6 is 0 Å². The van der Waals surface area contributed by atoms with E-state index >= 15 is 0 Å². The van der Waals surface area contributed by atoms with Gasteiger partial charge < -0.3 is 20.3 Å². The minimum absolute atomic E-state index is 0.0185. The third-order valence-electron chi connectivity index (χ3n) is 4.34. The van der Waals surface area contributed by atoms with E-state index in [2.05, 4.69) is 10.3 Å². The Bertz CT molecular complexity index is 505. The van der Waals surface area contributed by atoms with Crippen molar-refractivity contribution in [2.75, 3.05) is 19.7 Å². The molecule has 6 nitrogen and oxygen atoms in total. The lowest BCUT2D eigenvalue weighted by molar-refractivity contribution is -0.135. The molecule has 0 aromatic carbocycles. The molecule has 1 aromatic rings. The molecule has 1 aliphatic heterocycles. The fourth-order valence-corrected chi connectivity index (χ4v) is 2.96. The topological polar surface area (TPSA) is 85.4 Å². The number of aromatic amines is 1. The summed E-state index contributed by atoms with van der Waals surface area (Å²) >= 11 is 0. The zero-order valence-corrected chi connectivity index (χ0v) is 13.9. The highest BCUT2D eigenvalue weighted by atomic mass is 16.3. The van der Waals surface area contributed by atoms with Gasteiger partial charge in [-0.1, -0.05) is 13.8 Å². The molecule has 0 saturated carbocycles. The van der Waals surface area contributed by atoms with Crippen LogP contribution in [0.2, 0.25) is 0 Å². The molecule has 0 spiro atoms. The van der Waals surface area contributed by atoms with E-state index in [4.69, 9.17) is 0 Å². The molecule has 6 heteroatoms. The molecule has 128 valence electrons. The molecule has 1 fully saturated rings. The third kappa shape index (κ3) is 4.82. The minimum atomic E-state index is -0.503. The van der Waals surface area contributed by atoms with Gasteiger partial charge >= 0.3 is 0 Å². The number of aliphatic hydroxyl groups is 1. The van der Waals surface area contributed by atoms with Crippen LogP contribution in [-0.2, 0) is 4.79 Å². The summed E-state index contributed by atoms with van der Waals surface area (Å²) in [6.07, 6.45) is 3.95. The first-order chi connectivity index (χ1) is 11.0. The molecule has 2 heterocycles. The lowest BCUT2D eigenvalue weighted by Gasteiger charge is -2.34. The van der Waals surface area contributed by atoms with Crippen molar-refractivity contribution in [3.8, 4) is 0 Å². The summed E-state index contributed by atoms with van der Waals surface area (Å²) in [5, 5.41) is 12.1. The lowest BCUT2D eigenvalue weighted by Crippen LogP contribution is -2.51. The number of H-pyrrole nitrogens is 1. The maximum Gasteiger partial charge on any atom is 0.268 e. The smallest absolute Gasteiger partial charge is 0.268 e. The number of hydrogen-bond acceptors (Lipinski definition) is 3. The molecule has 1 aromatic heterocycles. The maximum atomic E-state index is 12.8. The number of likely N-dealkylation sites (tertiary alicyclic amines) is 1. The number of amides is 2. The second-order valence-electron chi connectivity index (χ2n) is 6.69. The number of hydrogen-bond donors (Lipinski definition) is 3. The van der Waals surface area contributed by atoms with Crippen LogP contribution in [0.3, 0.4) is 0 Å². The molecule has 2 rings (SSSR count). The summed E-state index contributed by atoms with van der Waals surface area (Å²) in [4.78, 5) is 29.7. The van der Waals surface area contributed by atoms with Gasteiger partial charge in [-0.3, -0.25) is 9.59 Å². The van der Waals surface area contributed by atoms with Gasteiger partial charge in [0.05, 0.1) is 0 Å². The molecule has 0 aliphatic carbocycles. The van der Waals surface area contributed by atoms with Crippen molar-refractivity contribution in [1.82, 2.24) is 15.2 Å². The van der Waals surface area contributed by atoms with Crippen LogP contribution in [0.1, 0.15) is 43.6 Å². The Kier molecular flexibility index (Phi) is 6.21. The predicted molar refractivity (Wildman–Crippen MR) is 87.9 cm³/mol. The number of aliphatic hydroxyl groups excluding tert-OH is 1. The van der Waals surface area contributed by atoms with Crippen LogP contribution in [0.25, 0.3) is 0 Å². The van der Waals surface area contributed by atoms with Gasteiger partial charge in [0.15, 0.2) is 0 Å². The van der Waals surface area contributed by atoms with Crippen molar-refractivity contribution in [3.63, 3.8) is 0 Å². The highest BCUT2D eigenvalue weighted by Gasteiger charge is 2.29. The highest BCUT2D eigenvalue weighted by Crippen LogP contribution is 2.18. The quantitative estimate of drug-likeness (QED) is 0.740. The molecular weight excluding hydrogens is 294 g/mol. The fraction of sp³-hybridized carbons (Fsp3) is 0.647. The molecule has 0 radical (unpaired) electrons. The van der Waals surface area contributed by atoms with Crippen LogP contribution in [0.15, 0.2) is 18.3 Å². The van der Waals surface area contributed by atoms with Crippen molar-refractivity contribution < 1.29 is 14.7 Å². The first-order valence-electron chi connectivity index (χ1n) is 8.35. The Morgan fingerprint density at radius 3 is 2.61 bits per heavy atom. The number of carbonyl (C=O) groups excluding carboxylic acids is 2. The van der Waals surface area contributed by atoms with Crippen molar-refractivity contribution in [2.24, 2.45) is 11.8 Å².